The van der Waals surface area contributed by atoms with E-state index in [9.17, 15) is 8.78 Å². The van der Waals surface area contributed by atoms with Gasteiger partial charge in [0.05, 0.1) is 12.7 Å². The Hall–Kier alpha value is -0.780. The zero-order valence-electron chi connectivity index (χ0n) is 13.6. The predicted molar refractivity (Wildman–Crippen MR) is 87.2 cm³/mol. The quantitative estimate of drug-likeness (QED) is 0.833. The molecular formula is C18H28F2N2O. The van der Waals surface area contributed by atoms with Crippen LogP contribution >= 0.6 is 0 Å². The highest BCUT2D eigenvalue weighted by Gasteiger charge is 2.30. The van der Waals surface area contributed by atoms with Crippen molar-refractivity contribution in [1.82, 2.24) is 5.32 Å². The second-order valence-corrected chi connectivity index (χ2v) is 7.25. The van der Waals surface area contributed by atoms with Gasteiger partial charge in [-0.05, 0) is 63.0 Å². The molecule has 130 valence electrons. The molecule has 3 aliphatic rings. The fourth-order valence-corrected chi connectivity index (χ4v) is 4.13. The molecule has 1 saturated carbocycles. The molecule has 2 fully saturated rings. The molecule has 0 aromatic rings. The van der Waals surface area contributed by atoms with Crippen LogP contribution in [0.1, 0.15) is 44.9 Å². The molecule has 5 heteroatoms. The molecule has 1 unspecified atom stereocenters. The maximum absolute atomic E-state index is 13.4. The van der Waals surface area contributed by atoms with Crippen LogP contribution in [0.2, 0.25) is 0 Å². The van der Waals surface area contributed by atoms with Crippen molar-refractivity contribution < 1.29 is 13.5 Å². The molecule has 23 heavy (non-hydrogen) atoms. The molecular weight excluding hydrogens is 298 g/mol. The number of hydrogen-bond donors (Lipinski definition) is 2. The number of nitrogens with two attached hydrogens (primary N) is 1. The standard InChI is InChI=1S/C18H28F2N2O/c19-14-8-13(9-15(20)10-14)12-3-5-16(6-4-12)23-11-18-17(21)2-1-7-22-18/h8,10,12-13,16-18,22H,1-7,9,11,21H2/t12-,13?,16+,17-,18-/m0/s1. The van der Waals surface area contributed by atoms with Crippen molar-refractivity contribution in [2.24, 2.45) is 17.6 Å². The van der Waals surface area contributed by atoms with Crippen LogP contribution in [0.15, 0.2) is 23.8 Å². The fraction of sp³-hybridized carbons (Fsp3) is 0.778. The molecule has 0 spiro atoms. The van der Waals surface area contributed by atoms with Gasteiger partial charge in [-0.1, -0.05) is 0 Å². The molecule has 3 N–H and O–H groups in total. The van der Waals surface area contributed by atoms with Crippen molar-refractivity contribution in [3.05, 3.63) is 23.8 Å². The fourth-order valence-electron chi connectivity index (χ4n) is 4.13. The van der Waals surface area contributed by atoms with Gasteiger partial charge < -0.3 is 15.8 Å². The third-order valence-corrected chi connectivity index (χ3v) is 5.57. The summed E-state index contributed by atoms with van der Waals surface area (Å²) in [5.74, 6) is -0.371. The van der Waals surface area contributed by atoms with Gasteiger partial charge in [0.15, 0.2) is 0 Å². The molecule has 0 aromatic carbocycles. The molecule has 3 rings (SSSR count). The third kappa shape index (κ3) is 4.61. The number of halogens is 2. The molecule has 0 radical (unpaired) electrons. The number of hydrogen-bond acceptors (Lipinski definition) is 3. The van der Waals surface area contributed by atoms with Crippen molar-refractivity contribution in [2.75, 3.05) is 13.2 Å². The summed E-state index contributed by atoms with van der Waals surface area (Å²) in [6.45, 7) is 1.69. The van der Waals surface area contributed by atoms with E-state index in [0.717, 1.165) is 51.1 Å². The summed E-state index contributed by atoms with van der Waals surface area (Å²) in [7, 11) is 0. The second kappa shape index (κ2) is 7.86. The molecule has 0 amide bonds. The Morgan fingerprint density at radius 1 is 1.17 bits per heavy atom. The van der Waals surface area contributed by atoms with Crippen LogP contribution in [0.25, 0.3) is 0 Å². The van der Waals surface area contributed by atoms with Crippen LogP contribution in [0, 0.1) is 11.8 Å². The van der Waals surface area contributed by atoms with Gasteiger partial charge in [0.25, 0.3) is 0 Å². The lowest BCUT2D eigenvalue weighted by Gasteiger charge is -2.35. The average molecular weight is 326 g/mol. The Labute approximate surface area is 137 Å². The molecule has 0 aromatic heterocycles. The number of rotatable bonds is 4. The molecule has 2 aliphatic carbocycles. The van der Waals surface area contributed by atoms with Crippen molar-refractivity contribution in [3.8, 4) is 0 Å². The van der Waals surface area contributed by atoms with Gasteiger partial charge in [-0.2, -0.15) is 0 Å². The van der Waals surface area contributed by atoms with Crippen molar-refractivity contribution in [1.29, 1.82) is 0 Å². The second-order valence-electron chi connectivity index (χ2n) is 7.25. The summed E-state index contributed by atoms with van der Waals surface area (Å²) in [5, 5.41) is 3.43. The molecule has 3 atom stereocenters. The Morgan fingerprint density at radius 3 is 2.65 bits per heavy atom. The minimum absolute atomic E-state index is 0.00869. The first-order valence-electron chi connectivity index (χ1n) is 8.96. The maximum atomic E-state index is 13.4. The van der Waals surface area contributed by atoms with E-state index >= 15 is 0 Å². The van der Waals surface area contributed by atoms with Crippen molar-refractivity contribution in [3.63, 3.8) is 0 Å². The van der Waals surface area contributed by atoms with Gasteiger partial charge in [-0.15, -0.1) is 0 Å². The molecule has 1 heterocycles. The van der Waals surface area contributed by atoms with E-state index in [4.69, 9.17) is 10.5 Å². The van der Waals surface area contributed by atoms with E-state index < -0.39 is 5.83 Å². The molecule has 3 nitrogen and oxygen atoms in total. The summed E-state index contributed by atoms with van der Waals surface area (Å²) >= 11 is 0. The lowest BCUT2D eigenvalue weighted by atomic mass is 9.76. The summed E-state index contributed by atoms with van der Waals surface area (Å²) in [5.41, 5.74) is 6.11. The smallest absolute Gasteiger partial charge is 0.122 e. The maximum Gasteiger partial charge on any atom is 0.122 e. The van der Waals surface area contributed by atoms with Crippen LogP contribution in [-0.4, -0.2) is 31.3 Å². The normalized spacial score (nSPS) is 38.8. The average Bonchev–Trinajstić information content (AvgIpc) is 2.54. The monoisotopic (exact) mass is 326 g/mol. The lowest BCUT2D eigenvalue weighted by molar-refractivity contribution is -0.00307. The van der Waals surface area contributed by atoms with E-state index in [1.165, 1.54) is 0 Å². The zero-order chi connectivity index (χ0) is 16.2. The van der Waals surface area contributed by atoms with E-state index in [1.54, 1.807) is 6.08 Å². The number of ether oxygens (including phenoxy) is 1. The Kier molecular flexibility index (Phi) is 5.83. The van der Waals surface area contributed by atoms with Crippen molar-refractivity contribution in [2.45, 2.75) is 63.1 Å². The van der Waals surface area contributed by atoms with E-state index in [-0.39, 0.29) is 29.9 Å². The SMILES string of the molecule is N[C@H]1CCCN[C@H]1CO[C@H]1CC[C@@H](C2C=C(F)C=C(F)C2)CC1. The number of nitrogens with one attached hydrogen (secondary N) is 1. The summed E-state index contributed by atoms with van der Waals surface area (Å²) in [6, 6.07) is 0.446. The topological polar surface area (TPSA) is 47.3 Å². The molecule has 1 aliphatic heterocycles. The van der Waals surface area contributed by atoms with Gasteiger partial charge in [0.1, 0.15) is 11.7 Å². The van der Waals surface area contributed by atoms with Gasteiger partial charge in [-0.3, -0.25) is 0 Å². The van der Waals surface area contributed by atoms with Crippen LogP contribution < -0.4 is 11.1 Å². The predicted octanol–water partition coefficient (Wildman–Crippen LogP) is 3.37. The summed E-state index contributed by atoms with van der Waals surface area (Å²) in [6.07, 6.45) is 9.34. The Morgan fingerprint density at radius 2 is 1.96 bits per heavy atom. The largest absolute Gasteiger partial charge is 0.377 e. The van der Waals surface area contributed by atoms with Gasteiger partial charge in [-0.25, -0.2) is 8.78 Å². The first-order chi connectivity index (χ1) is 11.1. The highest BCUT2D eigenvalue weighted by Crippen LogP contribution is 2.38. The van der Waals surface area contributed by atoms with Crippen LogP contribution in [-0.2, 0) is 4.74 Å². The molecule has 1 saturated heterocycles. The van der Waals surface area contributed by atoms with Crippen LogP contribution in [0.5, 0.6) is 0 Å². The number of piperidine rings is 1. The lowest BCUT2D eigenvalue weighted by Crippen LogP contribution is -2.52. The minimum atomic E-state index is -0.422. The zero-order valence-corrected chi connectivity index (χ0v) is 13.6. The summed E-state index contributed by atoms with van der Waals surface area (Å²) < 4.78 is 32.8. The highest BCUT2D eigenvalue weighted by molar-refractivity contribution is 5.21. The van der Waals surface area contributed by atoms with E-state index in [1.807, 2.05) is 0 Å². The van der Waals surface area contributed by atoms with E-state index in [2.05, 4.69) is 5.32 Å². The minimum Gasteiger partial charge on any atom is -0.377 e. The first-order valence-corrected chi connectivity index (χ1v) is 8.96. The Balaban J connectivity index is 1.41. The number of allylic oxidation sites excluding steroid dienone is 4. The molecule has 0 bridgehead atoms. The van der Waals surface area contributed by atoms with Gasteiger partial charge in [0, 0.05) is 24.6 Å². The van der Waals surface area contributed by atoms with Gasteiger partial charge in [0.2, 0.25) is 0 Å². The summed E-state index contributed by atoms with van der Waals surface area (Å²) in [4.78, 5) is 0. The van der Waals surface area contributed by atoms with E-state index in [0.29, 0.717) is 18.9 Å². The highest BCUT2D eigenvalue weighted by atomic mass is 19.1. The van der Waals surface area contributed by atoms with Crippen LogP contribution in [0.4, 0.5) is 8.78 Å². The van der Waals surface area contributed by atoms with Crippen molar-refractivity contribution >= 4 is 0 Å². The Bertz CT molecular complexity index is 458. The third-order valence-electron chi connectivity index (χ3n) is 5.57. The first kappa shape index (κ1) is 17.1. The van der Waals surface area contributed by atoms with Gasteiger partial charge >= 0.3 is 0 Å². The van der Waals surface area contributed by atoms with Crippen LogP contribution in [0.3, 0.4) is 0 Å².